The molecule has 2 rings (SSSR count). The van der Waals surface area contributed by atoms with E-state index < -0.39 is 0 Å². The molecule has 0 spiro atoms. The molecule has 1 saturated heterocycles. The van der Waals surface area contributed by atoms with Crippen molar-refractivity contribution in [1.29, 1.82) is 0 Å². The molecule has 0 radical (unpaired) electrons. The molecule has 98 valence electrons. The van der Waals surface area contributed by atoms with E-state index in [9.17, 15) is 9.90 Å². The van der Waals surface area contributed by atoms with E-state index in [1.54, 1.807) is 0 Å². The zero-order valence-electron chi connectivity index (χ0n) is 11.3. The molecule has 1 N–H and O–H groups in total. The van der Waals surface area contributed by atoms with Crippen molar-refractivity contribution < 1.29 is 9.90 Å². The molecule has 3 atom stereocenters. The van der Waals surface area contributed by atoms with E-state index in [4.69, 9.17) is 0 Å². The van der Waals surface area contributed by atoms with Crippen molar-refractivity contribution in [3.8, 4) is 0 Å². The lowest BCUT2D eigenvalue weighted by atomic mass is 9.88. The van der Waals surface area contributed by atoms with Gasteiger partial charge in [0.05, 0.1) is 6.10 Å². The molecule has 3 nitrogen and oxygen atoms in total. The van der Waals surface area contributed by atoms with Crippen molar-refractivity contribution in [3.63, 3.8) is 0 Å². The van der Waals surface area contributed by atoms with Crippen LogP contribution in [-0.4, -0.2) is 41.5 Å². The second-order valence-electron chi connectivity index (χ2n) is 6.58. The van der Waals surface area contributed by atoms with Gasteiger partial charge in [0.1, 0.15) is 5.78 Å². The fourth-order valence-electron chi connectivity index (χ4n) is 3.11. The van der Waals surface area contributed by atoms with Gasteiger partial charge in [-0.25, -0.2) is 0 Å². The predicted octanol–water partition coefficient (Wildman–Crippen LogP) is 1.69. The molecular formula is C14H25NO2. The quantitative estimate of drug-likeness (QED) is 0.797. The number of rotatable bonds is 2. The maximum absolute atomic E-state index is 12.2. The predicted molar refractivity (Wildman–Crippen MR) is 67.7 cm³/mol. The van der Waals surface area contributed by atoms with Gasteiger partial charge in [-0.3, -0.25) is 4.79 Å². The molecule has 1 aliphatic heterocycles. The number of hydrogen-bond acceptors (Lipinski definition) is 3. The first-order valence-electron chi connectivity index (χ1n) is 6.85. The number of nitrogens with zero attached hydrogens (tertiary/aromatic N) is 1. The molecule has 3 heteroatoms. The molecule has 0 aromatic rings. The minimum Gasteiger partial charge on any atom is -0.392 e. The molecule has 0 aromatic carbocycles. The lowest BCUT2D eigenvalue weighted by Gasteiger charge is -2.35. The minimum absolute atomic E-state index is 0.119. The van der Waals surface area contributed by atoms with Gasteiger partial charge >= 0.3 is 0 Å². The summed E-state index contributed by atoms with van der Waals surface area (Å²) < 4.78 is 0. The van der Waals surface area contributed by atoms with Crippen LogP contribution < -0.4 is 0 Å². The number of aliphatic hydroxyl groups excluding tert-OH is 1. The second kappa shape index (κ2) is 4.69. The normalized spacial score (nSPS) is 38.6. The first-order chi connectivity index (χ1) is 7.90. The van der Waals surface area contributed by atoms with E-state index in [0.29, 0.717) is 11.7 Å². The number of likely N-dealkylation sites (tertiary alicyclic amines) is 1. The number of aliphatic hydroxyl groups is 1. The topological polar surface area (TPSA) is 40.5 Å². The van der Waals surface area contributed by atoms with Crippen molar-refractivity contribution in [2.45, 2.75) is 46.1 Å². The maximum atomic E-state index is 12.2. The first-order valence-corrected chi connectivity index (χ1v) is 6.85. The van der Waals surface area contributed by atoms with Crippen LogP contribution in [0.3, 0.4) is 0 Å². The molecule has 0 amide bonds. The van der Waals surface area contributed by atoms with Gasteiger partial charge < -0.3 is 10.0 Å². The van der Waals surface area contributed by atoms with Crippen molar-refractivity contribution in [3.05, 3.63) is 0 Å². The van der Waals surface area contributed by atoms with E-state index in [-0.39, 0.29) is 17.4 Å². The van der Waals surface area contributed by atoms with E-state index >= 15 is 0 Å². The number of hydrogen-bond donors (Lipinski definition) is 1. The number of piperidine rings is 1. The number of β-amino-alcohol motifs (C(OH)–C–C–N with tert-alkyl or cyclic N) is 1. The molecule has 17 heavy (non-hydrogen) atoms. The van der Waals surface area contributed by atoms with E-state index in [1.807, 2.05) is 0 Å². The van der Waals surface area contributed by atoms with Crippen molar-refractivity contribution >= 4 is 5.78 Å². The van der Waals surface area contributed by atoms with Gasteiger partial charge in [-0.05, 0) is 31.7 Å². The van der Waals surface area contributed by atoms with E-state index in [1.165, 1.54) is 0 Å². The number of Topliss-reactive ketones (excluding diaryl/α,β-unsaturated/α-hetero) is 1. The van der Waals surface area contributed by atoms with Gasteiger partial charge in [-0.2, -0.15) is 0 Å². The van der Waals surface area contributed by atoms with Gasteiger partial charge in [-0.1, -0.05) is 20.8 Å². The number of carbonyl (C=O) groups is 1. The fraction of sp³-hybridized carbons (Fsp3) is 0.929. The molecule has 1 heterocycles. The molecule has 0 bridgehead atoms. The van der Waals surface area contributed by atoms with Crippen molar-refractivity contribution in [1.82, 2.24) is 4.90 Å². The Morgan fingerprint density at radius 1 is 1.41 bits per heavy atom. The zero-order valence-corrected chi connectivity index (χ0v) is 11.3. The van der Waals surface area contributed by atoms with E-state index in [2.05, 4.69) is 25.7 Å². The molecule has 2 fully saturated rings. The summed E-state index contributed by atoms with van der Waals surface area (Å²) in [4.78, 5) is 14.4. The Balaban J connectivity index is 1.88. The van der Waals surface area contributed by atoms with Gasteiger partial charge in [0.2, 0.25) is 0 Å². The summed E-state index contributed by atoms with van der Waals surface area (Å²) >= 11 is 0. The second-order valence-corrected chi connectivity index (χ2v) is 6.58. The summed E-state index contributed by atoms with van der Waals surface area (Å²) in [6.07, 6.45) is 2.87. The Labute approximate surface area is 104 Å². The standard InChI is InChI=1S/C14H25NO2/c1-10-5-7-15(9-12(10)16)8-11-4-6-14(2,3)13(11)17/h10-12,16H,4-9H2,1-3H3. The highest BCUT2D eigenvalue weighted by Gasteiger charge is 2.41. The van der Waals surface area contributed by atoms with Crippen LogP contribution in [0.1, 0.15) is 40.0 Å². The third kappa shape index (κ3) is 2.71. The van der Waals surface area contributed by atoms with Crippen LogP contribution >= 0.6 is 0 Å². The summed E-state index contributed by atoms with van der Waals surface area (Å²) in [6, 6.07) is 0. The summed E-state index contributed by atoms with van der Waals surface area (Å²) in [6.45, 7) is 8.84. The van der Waals surface area contributed by atoms with Crippen LogP contribution in [0.5, 0.6) is 0 Å². The average molecular weight is 239 g/mol. The van der Waals surface area contributed by atoms with Crippen LogP contribution in [0.25, 0.3) is 0 Å². The first kappa shape index (κ1) is 13.0. The lowest BCUT2D eigenvalue weighted by molar-refractivity contribution is -0.128. The highest BCUT2D eigenvalue weighted by molar-refractivity contribution is 5.88. The van der Waals surface area contributed by atoms with E-state index in [0.717, 1.165) is 38.9 Å². The Morgan fingerprint density at radius 3 is 2.65 bits per heavy atom. The molecule has 2 aliphatic rings. The molecule has 3 unspecified atom stereocenters. The zero-order chi connectivity index (χ0) is 12.6. The smallest absolute Gasteiger partial charge is 0.142 e. The fourth-order valence-corrected chi connectivity index (χ4v) is 3.11. The van der Waals surface area contributed by atoms with Crippen molar-refractivity contribution in [2.24, 2.45) is 17.3 Å². The lowest BCUT2D eigenvalue weighted by Crippen LogP contribution is -2.45. The van der Waals surface area contributed by atoms with Gasteiger partial charge in [0.25, 0.3) is 0 Å². The average Bonchev–Trinajstić information content (AvgIpc) is 2.51. The van der Waals surface area contributed by atoms with Crippen LogP contribution in [0.2, 0.25) is 0 Å². The number of ketones is 1. The molecule has 0 aromatic heterocycles. The Morgan fingerprint density at radius 2 is 2.12 bits per heavy atom. The van der Waals surface area contributed by atoms with Gasteiger partial charge in [-0.15, -0.1) is 0 Å². The SMILES string of the molecule is CC1CCN(CC2CCC(C)(C)C2=O)CC1O. The Hall–Kier alpha value is -0.410. The summed E-state index contributed by atoms with van der Waals surface area (Å²) in [5.41, 5.74) is -0.119. The van der Waals surface area contributed by atoms with Crippen LogP contribution in [0, 0.1) is 17.3 Å². The van der Waals surface area contributed by atoms with Gasteiger partial charge in [0, 0.05) is 24.4 Å². The Bertz CT molecular complexity index is 301. The number of carbonyl (C=O) groups excluding carboxylic acids is 1. The van der Waals surface area contributed by atoms with Crippen molar-refractivity contribution in [2.75, 3.05) is 19.6 Å². The van der Waals surface area contributed by atoms with Gasteiger partial charge in [0.15, 0.2) is 0 Å². The highest BCUT2D eigenvalue weighted by Crippen LogP contribution is 2.38. The largest absolute Gasteiger partial charge is 0.392 e. The summed E-state index contributed by atoms with van der Waals surface area (Å²) in [5, 5.41) is 9.86. The van der Waals surface area contributed by atoms with Crippen LogP contribution in [-0.2, 0) is 4.79 Å². The summed E-state index contributed by atoms with van der Waals surface area (Å²) in [5.74, 6) is 1.03. The highest BCUT2D eigenvalue weighted by atomic mass is 16.3. The van der Waals surface area contributed by atoms with Crippen LogP contribution in [0.15, 0.2) is 0 Å². The monoisotopic (exact) mass is 239 g/mol. The summed E-state index contributed by atoms with van der Waals surface area (Å²) in [7, 11) is 0. The molecular weight excluding hydrogens is 214 g/mol. The third-order valence-electron chi connectivity index (χ3n) is 4.64. The maximum Gasteiger partial charge on any atom is 0.142 e. The third-order valence-corrected chi connectivity index (χ3v) is 4.64. The minimum atomic E-state index is -0.215. The Kier molecular flexibility index (Phi) is 3.60. The van der Waals surface area contributed by atoms with Crippen LogP contribution in [0.4, 0.5) is 0 Å². The molecule has 1 aliphatic carbocycles. The molecule has 1 saturated carbocycles.